The molecular weight excluding hydrogens is 625 g/mol. The van der Waals surface area contributed by atoms with Gasteiger partial charge < -0.3 is 14.6 Å². The van der Waals surface area contributed by atoms with E-state index in [-0.39, 0.29) is 11.2 Å². The van der Waals surface area contributed by atoms with Gasteiger partial charge in [-0.15, -0.1) is 0 Å². The molecule has 2 saturated heterocycles. The predicted molar refractivity (Wildman–Crippen MR) is 215 cm³/mol. The number of rotatable bonds is 2. The minimum atomic E-state index is 0.207. The molecule has 51 heavy (non-hydrogen) atoms. The van der Waals surface area contributed by atoms with Crippen LogP contribution < -0.4 is 0 Å². The van der Waals surface area contributed by atoms with Crippen LogP contribution in [0.15, 0.2) is 11.1 Å². The largest absolute Gasteiger partial charge is 0.396 e. The lowest BCUT2D eigenvalue weighted by atomic mass is 9.45. The Morgan fingerprint density at radius 2 is 0.941 bits per heavy atom. The van der Waals surface area contributed by atoms with Crippen molar-refractivity contribution in [3.05, 3.63) is 11.1 Å². The summed E-state index contributed by atoms with van der Waals surface area (Å²) in [4.78, 5) is 0. The van der Waals surface area contributed by atoms with Crippen molar-refractivity contribution in [1.29, 1.82) is 0 Å². The molecule has 8 rings (SSSR count). The first-order valence-corrected chi connectivity index (χ1v) is 22.3. The lowest BCUT2D eigenvalue weighted by Gasteiger charge is -2.60. The maximum Gasteiger partial charge on any atom is 0.0688 e. The van der Waals surface area contributed by atoms with Crippen molar-refractivity contribution in [3.63, 3.8) is 0 Å². The van der Waals surface area contributed by atoms with E-state index in [0.717, 1.165) is 49.2 Å². The highest BCUT2D eigenvalue weighted by atomic mass is 16.5. The Balaban J connectivity index is 0.000000132. The van der Waals surface area contributed by atoms with Gasteiger partial charge in [0.1, 0.15) is 0 Å². The Labute approximate surface area is 316 Å². The number of hydrogen-bond donors (Lipinski definition) is 1. The molecule has 7 fully saturated rings. The number of hydrogen-bond acceptors (Lipinski definition) is 3. The van der Waals surface area contributed by atoms with E-state index in [1.165, 1.54) is 109 Å². The molecular formula is C48H84O3. The van der Waals surface area contributed by atoms with Crippen molar-refractivity contribution >= 4 is 0 Å². The van der Waals surface area contributed by atoms with E-state index < -0.39 is 0 Å². The summed E-state index contributed by atoms with van der Waals surface area (Å²) < 4.78 is 12.3. The lowest BCUT2D eigenvalue weighted by molar-refractivity contribution is -0.147. The van der Waals surface area contributed by atoms with Crippen molar-refractivity contribution < 1.29 is 14.6 Å². The molecule has 0 bridgehead atoms. The Hall–Kier alpha value is -0.380. The quantitative estimate of drug-likeness (QED) is 0.290. The second-order valence-electron chi connectivity index (χ2n) is 23.0. The van der Waals surface area contributed by atoms with Gasteiger partial charge in [0.25, 0.3) is 0 Å². The molecule has 0 aromatic carbocycles. The number of aliphatic hydroxyl groups is 1. The molecule has 8 aliphatic rings. The summed E-state index contributed by atoms with van der Waals surface area (Å²) >= 11 is 0. The molecule has 294 valence electrons. The predicted octanol–water partition coefficient (Wildman–Crippen LogP) is 13.1. The van der Waals surface area contributed by atoms with E-state index in [0.29, 0.717) is 39.1 Å². The molecule has 1 N–H and O–H groups in total. The van der Waals surface area contributed by atoms with Crippen LogP contribution in [0.5, 0.6) is 0 Å². The van der Waals surface area contributed by atoms with Crippen LogP contribution in [-0.2, 0) is 9.47 Å². The van der Waals surface area contributed by atoms with Gasteiger partial charge in [-0.25, -0.2) is 0 Å². The van der Waals surface area contributed by atoms with Gasteiger partial charge in [0, 0.05) is 19.8 Å². The summed E-state index contributed by atoms with van der Waals surface area (Å²) in [6.45, 7) is 31.9. The van der Waals surface area contributed by atoms with Gasteiger partial charge in [-0.2, -0.15) is 0 Å². The van der Waals surface area contributed by atoms with Crippen LogP contribution in [0.2, 0.25) is 0 Å². The number of aliphatic hydroxyl groups excluding tert-OH is 1. The van der Waals surface area contributed by atoms with Crippen LogP contribution in [0.4, 0.5) is 0 Å². The topological polar surface area (TPSA) is 38.7 Å². The van der Waals surface area contributed by atoms with E-state index >= 15 is 0 Å². The van der Waals surface area contributed by atoms with Crippen LogP contribution >= 0.6 is 0 Å². The monoisotopic (exact) mass is 709 g/mol. The van der Waals surface area contributed by atoms with E-state index in [4.69, 9.17) is 9.47 Å². The van der Waals surface area contributed by atoms with Crippen LogP contribution in [0.25, 0.3) is 0 Å². The Kier molecular flexibility index (Phi) is 11.0. The Bertz CT molecular complexity index is 1200. The Morgan fingerprint density at radius 1 is 0.510 bits per heavy atom. The SMILES string of the molecule is CC1(C)CCC[C@]2(C)[C@H]3CCO[C@@]3(C)CC[C@@H]12.CC1(C)CCC[C@]2(C)[C@H]3CCO[C@]3(C)CC[C@@H]12.CC1=C(CCO)[C@@]2(C)CCCC(C)(C)[C@@H]2CC1. The third-order valence-corrected chi connectivity index (χ3v) is 18.8. The minimum Gasteiger partial charge on any atom is -0.396 e. The fourth-order valence-corrected chi connectivity index (χ4v) is 16.5. The standard InChI is InChI=1S/3C16H28O/c2*1-14(2)8-5-9-15(3)12(14)6-10-16(4)13(15)7-11-17-16;1-12-6-7-14-15(2,3)9-5-10-16(14,4)13(12)8-11-17/h2*12-13H,5-11H2,1-4H3;14,17H,5-11H2,1-4H3/t12-,13+,15-,16+;12-,13+,15-,16-;14-,16+/m000/s1. The molecule has 2 heterocycles. The molecule has 6 aliphatic carbocycles. The molecule has 2 aliphatic heterocycles. The van der Waals surface area contributed by atoms with Crippen LogP contribution in [0.3, 0.4) is 0 Å². The normalized spacial score (nSPS) is 47.6. The summed E-state index contributed by atoms with van der Waals surface area (Å²) in [6, 6.07) is 0. The van der Waals surface area contributed by atoms with Gasteiger partial charge >= 0.3 is 0 Å². The average molecular weight is 709 g/mol. The summed E-state index contributed by atoms with van der Waals surface area (Å²) in [6.07, 6.45) is 24.1. The third-order valence-electron chi connectivity index (χ3n) is 18.8. The van der Waals surface area contributed by atoms with Crippen molar-refractivity contribution in [2.45, 2.75) is 210 Å². The van der Waals surface area contributed by atoms with Crippen molar-refractivity contribution in [2.24, 2.45) is 62.1 Å². The fraction of sp³-hybridized carbons (Fsp3) is 0.958. The minimum absolute atomic E-state index is 0.207. The van der Waals surface area contributed by atoms with Gasteiger partial charge in [-0.05, 0) is 179 Å². The molecule has 5 saturated carbocycles. The second kappa shape index (κ2) is 14.0. The number of allylic oxidation sites excluding steroid dienone is 1. The molecule has 10 atom stereocenters. The maximum atomic E-state index is 9.34. The molecule has 0 radical (unpaired) electrons. The zero-order chi connectivity index (χ0) is 37.3. The summed E-state index contributed by atoms with van der Waals surface area (Å²) in [5.41, 5.74) is 6.61. The number of ether oxygens (including phenoxy) is 2. The Morgan fingerprint density at radius 3 is 1.39 bits per heavy atom. The fourth-order valence-electron chi connectivity index (χ4n) is 16.5. The van der Waals surface area contributed by atoms with Gasteiger partial charge in [0.2, 0.25) is 0 Å². The van der Waals surface area contributed by atoms with Crippen LogP contribution in [0, 0.1) is 62.1 Å². The first-order valence-electron chi connectivity index (χ1n) is 22.3. The van der Waals surface area contributed by atoms with Crippen molar-refractivity contribution in [3.8, 4) is 0 Å². The highest BCUT2D eigenvalue weighted by Crippen LogP contribution is 2.66. The zero-order valence-electron chi connectivity index (χ0n) is 36.0. The molecule has 0 unspecified atom stereocenters. The number of fused-ring (bicyclic) bond motifs is 7. The summed E-state index contributed by atoms with van der Waals surface area (Å²) in [5.74, 6) is 4.28. The van der Waals surface area contributed by atoms with E-state index in [2.05, 4.69) is 83.1 Å². The van der Waals surface area contributed by atoms with Gasteiger partial charge in [-0.3, -0.25) is 0 Å². The molecule has 3 heteroatoms. The third kappa shape index (κ3) is 6.91. The maximum absolute atomic E-state index is 9.34. The lowest BCUT2D eigenvalue weighted by Crippen LogP contribution is -2.55. The molecule has 3 nitrogen and oxygen atoms in total. The second-order valence-corrected chi connectivity index (χ2v) is 23.0. The average Bonchev–Trinajstić information content (AvgIpc) is 3.63. The molecule has 0 aromatic rings. The van der Waals surface area contributed by atoms with Gasteiger partial charge in [-0.1, -0.05) is 92.7 Å². The molecule has 0 spiro atoms. The van der Waals surface area contributed by atoms with Crippen LogP contribution in [-0.4, -0.2) is 36.1 Å². The van der Waals surface area contributed by atoms with Gasteiger partial charge in [0.15, 0.2) is 0 Å². The molecule has 0 amide bonds. The van der Waals surface area contributed by atoms with Crippen molar-refractivity contribution in [2.75, 3.05) is 19.8 Å². The highest BCUT2D eigenvalue weighted by molar-refractivity contribution is 5.27. The highest BCUT2D eigenvalue weighted by Gasteiger charge is 2.61. The van der Waals surface area contributed by atoms with E-state index in [1.54, 1.807) is 11.1 Å². The van der Waals surface area contributed by atoms with Crippen LogP contribution in [0.1, 0.15) is 199 Å². The van der Waals surface area contributed by atoms with Gasteiger partial charge in [0.05, 0.1) is 11.2 Å². The van der Waals surface area contributed by atoms with Crippen molar-refractivity contribution in [1.82, 2.24) is 0 Å². The van der Waals surface area contributed by atoms with E-state index in [1.807, 2.05) is 0 Å². The first-order chi connectivity index (χ1) is 23.7. The smallest absolute Gasteiger partial charge is 0.0688 e. The van der Waals surface area contributed by atoms with E-state index in [9.17, 15) is 5.11 Å². The summed E-state index contributed by atoms with van der Waals surface area (Å²) in [5, 5.41) is 9.34. The zero-order valence-corrected chi connectivity index (χ0v) is 36.0. The summed E-state index contributed by atoms with van der Waals surface area (Å²) in [7, 11) is 0. The molecule has 0 aromatic heterocycles. The first kappa shape index (κ1) is 40.3.